The van der Waals surface area contributed by atoms with Gasteiger partial charge < -0.3 is 10.5 Å². The van der Waals surface area contributed by atoms with Gasteiger partial charge in [-0.2, -0.15) is 5.10 Å². The Bertz CT molecular complexity index is 543. The number of aromatic nitrogens is 2. The molecular formula is C12H13N3O2. The molecule has 2 aromatic rings. The molecule has 0 saturated carbocycles. The van der Waals surface area contributed by atoms with Crippen LogP contribution in [0.4, 0.5) is 5.82 Å². The van der Waals surface area contributed by atoms with E-state index in [0.717, 1.165) is 11.1 Å². The molecule has 5 heteroatoms. The molecule has 88 valence electrons. The van der Waals surface area contributed by atoms with Gasteiger partial charge >= 0.3 is 5.97 Å². The monoisotopic (exact) mass is 231 g/mol. The first-order valence-electron chi connectivity index (χ1n) is 5.09. The number of nitrogen functional groups attached to an aromatic ring is 1. The maximum atomic E-state index is 11.3. The van der Waals surface area contributed by atoms with E-state index in [1.54, 1.807) is 16.8 Å². The average Bonchev–Trinajstić information content (AvgIpc) is 2.68. The molecular weight excluding hydrogens is 218 g/mol. The summed E-state index contributed by atoms with van der Waals surface area (Å²) in [6.07, 6.45) is 1.84. The maximum absolute atomic E-state index is 11.3. The quantitative estimate of drug-likeness (QED) is 0.794. The largest absolute Gasteiger partial charge is 0.465 e. The number of benzene rings is 1. The summed E-state index contributed by atoms with van der Waals surface area (Å²) in [5.41, 5.74) is 8.06. The van der Waals surface area contributed by atoms with E-state index in [1.165, 1.54) is 7.11 Å². The van der Waals surface area contributed by atoms with Crippen LogP contribution < -0.4 is 5.73 Å². The van der Waals surface area contributed by atoms with Gasteiger partial charge in [0.25, 0.3) is 0 Å². The van der Waals surface area contributed by atoms with Crippen LogP contribution in [0.1, 0.15) is 10.4 Å². The first-order valence-corrected chi connectivity index (χ1v) is 5.09. The summed E-state index contributed by atoms with van der Waals surface area (Å²) in [6, 6.07) is 7.04. The number of carbonyl (C=O) groups excluding carboxylic acids is 1. The van der Waals surface area contributed by atoms with Gasteiger partial charge in [-0.1, -0.05) is 12.1 Å². The van der Waals surface area contributed by atoms with Crippen molar-refractivity contribution in [3.63, 3.8) is 0 Å². The van der Waals surface area contributed by atoms with Gasteiger partial charge in [0.2, 0.25) is 0 Å². The normalized spacial score (nSPS) is 10.2. The zero-order valence-electron chi connectivity index (χ0n) is 9.68. The molecule has 0 saturated heterocycles. The number of rotatable bonds is 2. The van der Waals surface area contributed by atoms with Crippen molar-refractivity contribution in [3.05, 3.63) is 36.0 Å². The molecule has 0 fully saturated rings. The molecule has 5 nitrogen and oxygen atoms in total. The van der Waals surface area contributed by atoms with Crippen molar-refractivity contribution in [2.45, 2.75) is 0 Å². The summed E-state index contributed by atoms with van der Waals surface area (Å²) < 4.78 is 6.28. The number of aryl methyl sites for hydroxylation is 1. The minimum Gasteiger partial charge on any atom is -0.465 e. The van der Waals surface area contributed by atoms with Crippen LogP contribution in [0.25, 0.3) is 11.1 Å². The molecule has 0 amide bonds. The standard InChI is InChI=1S/C12H13N3O2/c1-15-7-10(11(13)14-15)8-3-5-9(6-4-8)12(16)17-2/h3-7H,1-2H3,(H2,13,14). The second-order valence-electron chi connectivity index (χ2n) is 3.67. The van der Waals surface area contributed by atoms with E-state index in [4.69, 9.17) is 5.73 Å². The lowest BCUT2D eigenvalue weighted by atomic mass is 10.1. The number of anilines is 1. The fourth-order valence-corrected chi connectivity index (χ4v) is 1.63. The lowest BCUT2D eigenvalue weighted by Crippen LogP contribution is -2.00. The summed E-state index contributed by atoms with van der Waals surface area (Å²) in [5, 5.41) is 4.06. The van der Waals surface area contributed by atoms with E-state index in [0.29, 0.717) is 11.4 Å². The van der Waals surface area contributed by atoms with E-state index in [-0.39, 0.29) is 5.97 Å². The van der Waals surface area contributed by atoms with Crippen molar-refractivity contribution < 1.29 is 9.53 Å². The Morgan fingerprint density at radius 1 is 1.35 bits per heavy atom. The number of esters is 1. The van der Waals surface area contributed by atoms with Gasteiger partial charge in [0.15, 0.2) is 5.82 Å². The summed E-state index contributed by atoms with van der Waals surface area (Å²) in [4.78, 5) is 11.3. The van der Waals surface area contributed by atoms with Crippen molar-refractivity contribution in [1.29, 1.82) is 0 Å². The van der Waals surface area contributed by atoms with Crippen LogP contribution in [-0.4, -0.2) is 22.9 Å². The van der Waals surface area contributed by atoms with E-state index in [2.05, 4.69) is 9.84 Å². The number of methoxy groups -OCH3 is 1. The first kappa shape index (κ1) is 11.2. The molecule has 2 N–H and O–H groups in total. The Balaban J connectivity index is 2.35. The van der Waals surface area contributed by atoms with Crippen LogP contribution >= 0.6 is 0 Å². The predicted molar refractivity (Wildman–Crippen MR) is 64.4 cm³/mol. The van der Waals surface area contributed by atoms with Crippen molar-refractivity contribution in [1.82, 2.24) is 9.78 Å². The van der Waals surface area contributed by atoms with Crippen molar-refractivity contribution >= 4 is 11.8 Å². The van der Waals surface area contributed by atoms with Crippen molar-refractivity contribution in [3.8, 4) is 11.1 Å². The van der Waals surface area contributed by atoms with E-state index in [9.17, 15) is 4.79 Å². The summed E-state index contributed by atoms with van der Waals surface area (Å²) in [5.74, 6) is 0.119. The van der Waals surface area contributed by atoms with Gasteiger partial charge in [-0.05, 0) is 17.7 Å². The summed E-state index contributed by atoms with van der Waals surface area (Å²) >= 11 is 0. The minimum atomic E-state index is -0.351. The van der Waals surface area contributed by atoms with Crippen LogP contribution in [0, 0.1) is 0 Å². The van der Waals surface area contributed by atoms with Gasteiger partial charge in [-0.25, -0.2) is 4.79 Å². The van der Waals surface area contributed by atoms with Gasteiger partial charge in [0.05, 0.1) is 12.7 Å². The average molecular weight is 231 g/mol. The third kappa shape index (κ3) is 2.13. The Morgan fingerprint density at radius 3 is 2.47 bits per heavy atom. The van der Waals surface area contributed by atoms with Crippen molar-refractivity contribution in [2.24, 2.45) is 7.05 Å². The van der Waals surface area contributed by atoms with E-state index >= 15 is 0 Å². The van der Waals surface area contributed by atoms with Crippen LogP contribution in [0.5, 0.6) is 0 Å². The molecule has 0 radical (unpaired) electrons. The van der Waals surface area contributed by atoms with Crippen LogP contribution in [-0.2, 0) is 11.8 Å². The van der Waals surface area contributed by atoms with Gasteiger partial charge in [0, 0.05) is 18.8 Å². The number of carbonyl (C=O) groups is 1. The number of nitrogens with two attached hydrogens (primary N) is 1. The summed E-state index contributed by atoms with van der Waals surface area (Å²) in [6.45, 7) is 0. The molecule has 1 aromatic heterocycles. The third-order valence-electron chi connectivity index (χ3n) is 2.47. The smallest absolute Gasteiger partial charge is 0.337 e. The Hall–Kier alpha value is -2.30. The Labute approximate surface area is 98.8 Å². The van der Waals surface area contributed by atoms with Crippen LogP contribution in [0.2, 0.25) is 0 Å². The highest BCUT2D eigenvalue weighted by atomic mass is 16.5. The van der Waals surface area contributed by atoms with Gasteiger partial charge in [0.1, 0.15) is 0 Å². The molecule has 0 spiro atoms. The molecule has 0 unspecified atom stereocenters. The SMILES string of the molecule is COC(=O)c1ccc(-c2cn(C)nc2N)cc1. The molecule has 0 atom stereocenters. The topological polar surface area (TPSA) is 70.1 Å². The Kier molecular flexibility index (Phi) is 2.82. The maximum Gasteiger partial charge on any atom is 0.337 e. The number of ether oxygens (including phenoxy) is 1. The molecule has 2 rings (SSSR count). The van der Waals surface area contributed by atoms with Crippen LogP contribution in [0.3, 0.4) is 0 Å². The molecule has 17 heavy (non-hydrogen) atoms. The third-order valence-corrected chi connectivity index (χ3v) is 2.47. The van der Waals surface area contributed by atoms with Crippen LogP contribution in [0.15, 0.2) is 30.5 Å². The molecule has 0 bridgehead atoms. The molecule has 0 aliphatic carbocycles. The lowest BCUT2D eigenvalue weighted by molar-refractivity contribution is 0.0601. The molecule has 0 aliphatic rings. The predicted octanol–water partition coefficient (Wildman–Crippen LogP) is 1.46. The number of nitrogens with zero attached hydrogens (tertiary/aromatic N) is 2. The fraction of sp³-hybridized carbons (Fsp3) is 0.167. The highest BCUT2D eigenvalue weighted by Crippen LogP contribution is 2.24. The fourth-order valence-electron chi connectivity index (χ4n) is 1.63. The molecule has 0 aliphatic heterocycles. The first-order chi connectivity index (χ1) is 8.11. The van der Waals surface area contributed by atoms with Gasteiger partial charge in [-0.15, -0.1) is 0 Å². The van der Waals surface area contributed by atoms with Gasteiger partial charge in [-0.3, -0.25) is 4.68 Å². The number of hydrogen-bond acceptors (Lipinski definition) is 4. The number of hydrogen-bond donors (Lipinski definition) is 1. The van der Waals surface area contributed by atoms with Crippen molar-refractivity contribution in [2.75, 3.05) is 12.8 Å². The summed E-state index contributed by atoms with van der Waals surface area (Å²) in [7, 11) is 3.16. The zero-order valence-corrected chi connectivity index (χ0v) is 9.68. The second-order valence-corrected chi connectivity index (χ2v) is 3.67. The minimum absolute atomic E-state index is 0.351. The Morgan fingerprint density at radius 2 is 2.00 bits per heavy atom. The highest BCUT2D eigenvalue weighted by molar-refractivity contribution is 5.90. The van der Waals surface area contributed by atoms with E-state index in [1.807, 2.05) is 25.4 Å². The lowest BCUT2D eigenvalue weighted by Gasteiger charge is -2.01. The molecule has 1 aromatic carbocycles. The van der Waals surface area contributed by atoms with E-state index < -0.39 is 0 Å². The highest BCUT2D eigenvalue weighted by Gasteiger charge is 2.09. The molecule has 1 heterocycles. The second kappa shape index (κ2) is 4.29. The zero-order chi connectivity index (χ0) is 12.4.